The normalized spacial score (nSPS) is 18.0. The Morgan fingerprint density at radius 2 is 1.42 bits per heavy atom. The molecule has 1 saturated heterocycles. The summed E-state index contributed by atoms with van der Waals surface area (Å²) in [6, 6.07) is 24.7. The van der Waals surface area contributed by atoms with Gasteiger partial charge in [0.1, 0.15) is 12.1 Å². The third-order valence-corrected chi connectivity index (χ3v) is 9.53. The minimum absolute atomic E-state index is 0.0365. The van der Waals surface area contributed by atoms with Crippen LogP contribution in [0, 0.1) is 0 Å². The fraction of sp³-hybridized carbons (Fsp3) is 0.417. The van der Waals surface area contributed by atoms with Gasteiger partial charge in [-0.3, -0.25) is 19.3 Å². The van der Waals surface area contributed by atoms with E-state index in [1.54, 1.807) is 12.1 Å². The summed E-state index contributed by atoms with van der Waals surface area (Å²) in [7, 11) is 0. The SMILES string of the molecule is NC(C(=O)N[C@H](Cc1ccc(Cl)cc1)C(=O)N1CCN(C2(CNC(=O)Cc3ccccc3)CCCCC2)CC1)c1ccccc1. The van der Waals surface area contributed by atoms with E-state index in [4.69, 9.17) is 17.3 Å². The Bertz CT molecular complexity index is 1410. The highest BCUT2D eigenvalue weighted by Crippen LogP contribution is 2.34. The molecular weight excluding hydrogens is 586 g/mol. The van der Waals surface area contributed by atoms with Gasteiger partial charge in [-0.1, -0.05) is 104 Å². The summed E-state index contributed by atoms with van der Waals surface area (Å²) in [6.45, 7) is 3.14. The molecular formula is C36H44ClN5O3. The van der Waals surface area contributed by atoms with Gasteiger partial charge in [-0.2, -0.15) is 0 Å². The first-order valence-electron chi connectivity index (χ1n) is 16.0. The van der Waals surface area contributed by atoms with Crippen molar-refractivity contribution in [1.29, 1.82) is 0 Å². The lowest BCUT2D eigenvalue weighted by molar-refractivity contribution is -0.139. The number of hydrogen-bond donors (Lipinski definition) is 3. The molecule has 1 unspecified atom stereocenters. The number of halogens is 1. The lowest BCUT2D eigenvalue weighted by Crippen LogP contribution is -2.63. The Morgan fingerprint density at radius 1 is 0.800 bits per heavy atom. The zero-order valence-electron chi connectivity index (χ0n) is 25.8. The molecule has 0 radical (unpaired) electrons. The first kappa shape index (κ1) is 32.7. The van der Waals surface area contributed by atoms with E-state index in [1.165, 1.54) is 6.42 Å². The lowest BCUT2D eigenvalue weighted by Gasteiger charge is -2.50. The average molecular weight is 630 g/mol. The van der Waals surface area contributed by atoms with Gasteiger partial charge in [0.2, 0.25) is 17.7 Å². The first-order valence-corrected chi connectivity index (χ1v) is 16.4. The van der Waals surface area contributed by atoms with E-state index in [-0.39, 0.29) is 23.3 Å². The molecule has 3 aromatic carbocycles. The number of hydrogen-bond acceptors (Lipinski definition) is 5. The van der Waals surface area contributed by atoms with Gasteiger partial charge in [-0.15, -0.1) is 0 Å². The standard InChI is InChI=1S/C36H44ClN5O3/c37-30-16-14-28(15-17-30)24-31(40-34(44)33(38)29-12-6-2-7-13-29)35(45)41-20-22-42(23-21-41)36(18-8-3-9-19-36)26-39-32(43)25-27-10-4-1-5-11-27/h1-2,4-7,10-17,31,33H,3,8-9,18-26,38H2,(H,39,43)(H,40,44)/t31-,33?/m1/s1. The number of nitrogens with one attached hydrogen (secondary N) is 2. The average Bonchev–Trinajstić information content (AvgIpc) is 3.08. The van der Waals surface area contributed by atoms with Gasteiger partial charge in [0, 0.05) is 49.7 Å². The molecule has 45 heavy (non-hydrogen) atoms. The second-order valence-electron chi connectivity index (χ2n) is 12.3. The number of piperazine rings is 1. The van der Waals surface area contributed by atoms with Crippen molar-refractivity contribution in [2.45, 2.75) is 62.6 Å². The van der Waals surface area contributed by atoms with E-state index >= 15 is 0 Å². The Kier molecular flexibility index (Phi) is 11.3. The van der Waals surface area contributed by atoms with Gasteiger partial charge < -0.3 is 21.3 Å². The third-order valence-electron chi connectivity index (χ3n) is 9.28. The minimum Gasteiger partial charge on any atom is -0.354 e. The maximum absolute atomic E-state index is 14.0. The highest BCUT2D eigenvalue weighted by Gasteiger charge is 2.41. The molecule has 9 heteroatoms. The molecule has 2 aliphatic rings. The van der Waals surface area contributed by atoms with Crippen molar-refractivity contribution in [3.8, 4) is 0 Å². The van der Waals surface area contributed by atoms with Crippen LogP contribution in [0.25, 0.3) is 0 Å². The maximum Gasteiger partial charge on any atom is 0.245 e. The molecule has 3 aromatic rings. The van der Waals surface area contributed by atoms with E-state index in [0.717, 1.165) is 36.8 Å². The quantitative estimate of drug-likeness (QED) is 0.294. The Balaban J connectivity index is 1.23. The predicted molar refractivity (Wildman–Crippen MR) is 178 cm³/mol. The molecule has 4 N–H and O–H groups in total. The molecule has 2 fully saturated rings. The molecule has 8 nitrogen and oxygen atoms in total. The van der Waals surface area contributed by atoms with Crippen molar-refractivity contribution in [3.05, 3.63) is 107 Å². The van der Waals surface area contributed by atoms with Gasteiger partial charge in [-0.05, 0) is 41.7 Å². The van der Waals surface area contributed by atoms with Crippen molar-refractivity contribution in [1.82, 2.24) is 20.4 Å². The topological polar surface area (TPSA) is 108 Å². The van der Waals surface area contributed by atoms with Crippen LogP contribution in [-0.4, -0.2) is 71.8 Å². The number of amides is 3. The van der Waals surface area contributed by atoms with E-state index in [1.807, 2.05) is 77.7 Å². The maximum atomic E-state index is 14.0. The summed E-state index contributed by atoms with van der Waals surface area (Å²) < 4.78 is 0. The molecule has 0 aromatic heterocycles. The van der Waals surface area contributed by atoms with E-state index in [2.05, 4.69) is 15.5 Å². The largest absolute Gasteiger partial charge is 0.354 e. The molecule has 1 aliphatic carbocycles. The molecule has 1 heterocycles. The summed E-state index contributed by atoms with van der Waals surface area (Å²) >= 11 is 6.10. The lowest BCUT2D eigenvalue weighted by atomic mass is 9.79. The smallest absolute Gasteiger partial charge is 0.245 e. The predicted octanol–water partition coefficient (Wildman–Crippen LogP) is 4.27. The highest BCUT2D eigenvalue weighted by molar-refractivity contribution is 6.30. The van der Waals surface area contributed by atoms with Crippen molar-refractivity contribution in [3.63, 3.8) is 0 Å². The number of benzene rings is 3. The van der Waals surface area contributed by atoms with Crippen LogP contribution in [0.4, 0.5) is 0 Å². The molecule has 0 bridgehead atoms. The van der Waals surface area contributed by atoms with E-state index < -0.39 is 12.1 Å². The summed E-state index contributed by atoms with van der Waals surface area (Å²) in [6.07, 6.45) is 6.22. The van der Waals surface area contributed by atoms with Gasteiger partial charge in [0.15, 0.2) is 0 Å². The third kappa shape index (κ3) is 8.72. The van der Waals surface area contributed by atoms with Crippen LogP contribution in [0.15, 0.2) is 84.9 Å². The number of rotatable bonds is 11. The Morgan fingerprint density at radius 3 is 2.07 bits per heavy atom. The monoisotopic (exact) mass is 629 g/mol. The number of nitrogens with zero attached hydrogens (tertiary/aromatic N) is 2. The van der Waals surface area contributed by atoms with Crippen molar-refractivity contribution in [2.75, 3.05) is 32.7 Å². The van der Waals surface area contributed by atoms with Crippen molar-refractivity contribution in [2.24, 2.45) is 5.73 Å². The summed E-state index contributed by atoms with van der Waals surface area (Å²) in [5, 5.41) is 6.81. The van der Waals surface area contributed by atoms with Gasteiger partial charge in [-0.25, -0.2) is 0 Å². The van der Waals surface area contributed by atoms with Gasteiger partial charge >= 0.3 is 0 Å². The Labute approximate surface area is 271 Å². The molecule has 238 valence electrons. The summed E-state index contributed by atoms with van der Waals surface area (Å²) in [5.74, 6) is -0.471. The second-order valence-corrected chi connectivity index (χ2v) is 12.8. The van der Waals surface area contributed by atoms with Crippen LogP contribution < -0.4 is 16.4 Å². The van der Waals surface area contributed by atoms with Crippen LogP contribution in [-0.2, 0) is 27.2 Å². The summed E-state index contributed by atoms with van der Waals surface area (Å²) in [4.78, 5) is 44.4. The van der Waals surface area contributed by atoms with Crippen molar-refractivity contribution < 1.29 is 14.4 Å². The van der Waals surface area contributed by atoms with Crippen LogP contribution in [0.5, 0.6) is 0 Å². The molecule has 2 atom stereocenters. The van der Waals surface area contributed by atoms with Gasteiger partial charge in [0.05, 0.1) is 6.42 Å². The highest BCUT2D eigenvalue weighted by atomic mass is 35.5. The van der Waals surface area contributed by atoms with Crippen LogP contribution >= 0.6 is 11.6 Å². The minimum atomic E-state index is -0.883. The molecule has 1 aliphatic heterocycles. The number of nitrogens with two attached hydrogens (primary N) is 1. The molecule has 1 saturated carbocycles. The second kappa shape index (κ2) is 15.5. The van der Waals surface area contributed by atoms with E-state index in [9.17, 15) is 14.4 Å². The number of carbonyl (C=O) groups excluding carboxylic acids is 3. The summed E-state index contributed by atoms with van der Waals surface area (Å²) in [5.41, 5.74) is 8.78. The molecule has 0 spiro atoms. The van der Waals surface area contributed by atoms with Gasteiger partial charge in [0.25, 0.3) is 0 Å². The molecule has 3 amide bonds. The fourth-order valence-electron chi connectivity index (χ4n) is 6.67. The Hall–Kier alpha value is -3.72. The first-order chi connectivity index (χ1) is 21.8. The zero-order valence-corrected chi connectivity index (χ0v) is 26.6. The van der Waals surface area contributed by atoms with Crippen LogP contribution in [0.2, 0.25) is 5.02 Å². The van der Waals surface area contributed by atoms with Crippen LogP contribution in [0.1, 0.15) is 54.8 Å². The van der Waals surface area contributed by atoms with Crippen LogP contribution in [0.3, 0.4) is 0 Å². The zero-order chi connectivity index (χ0) is 31.6. The fourth-order valence-corrected chi connectivity index (χ4v) is 6.80. The van der Waals surface area contributed by atoms with Crippen molar-refractivity contribution >= 4 is 29.3 Å². The van der Waals surface area contributed by atoms with E-state index in [0.29, 0.717) is 56.2 Å². The molecule has 5 rings (SSSR count). The number of carbonyl (C=O) groups is 3.